The van der Waals surface area contributed by atoms with Crippen LogP contribution in [0.5, 0.6) is 0 Å². The van der Waals surface area contributed by atoms with Gasteiger partial charge in [-0.3, -0.25) is 9.59 Å². The topological polar surface area (TPSA) is 83.6 Å². The van der Waals surface area contributed by atoms with Crippen LogP contribution in [0.4, 0.5) is 5.69 Å². The Balaban J connectivity index is 1.55. The predicted octanol–water partition coefficient (Wildman–Crippen LogP) is 5.57. The summed E-state index contributed by atoms with van der Waals surface area (Å²) in [5, 5.41) is 3.44. The van der Waals surface area contributed by atoms with Gasteiger partial charge < -0.3 is 5.32 Å². The monoisotopic (exact) mass is 530 g/mol. The van der Waals surface area contributed by atoms with Crippen LogP contribution in [-0.2, 0) is 14.8 Å². The molecule has 1 atom stereocenters. The third kappa shape index (κ3) is 5.59. The van der Waals surface area contributed by atoms with Gasteiger partial charge in [0.05, 0.1) is 21.5 Å². The average Bonchev–Trinajstić information content (AvgIpc) is 2.85. The van der Waals surface area contributed by atoms with Crippen LogP contribution in [0.2, 0.25) is 10.0 Å². The Hall–Kier alpha value is -2.71. The molecule has 1 unspecified atom stereocenters. The van der Waals surface area contributed by atoms with Crippen molar-refractivity contribution in [2.45, 2.75) is 24.7 Å². The second-order valence-corrected chi connectivity index (χ2v) is 11.3. The average molecular weight is 531 g/mol. The lowest BCUT2D eigenvalue weighted by atomic mass is 9.97. The van der Waals surface area contributed by atoms with Gasteiger partial charge in [-0.05, 0) is 62.2 Å². The van der Waals surface area contributed by atoms with E-state index in [1.54, 1.807) is 60.7 Å². The summed E-state index contributed by atoms with van der Waals surface area (Å²) >= 11 is 12.3. The SMILES string of the molecule is Cc1ccc(S(=O)(=O)N2CCCC(C(=O)Nc3ccc(Cl)cc3C(=O)c3ccccc3Cl)C2)cc1. The van der Waals surface area contributed by atoms with Crippen molar-refractivity contribution in [2.24, 2.45) is 5.92 Å². The third-order valence-electron chi connectivity index (χ3n) is 6.02. The number of amides is 1. The van der Waals surface area contributed by atoms with Crippen molar-refractivity contribution >= 4 is 50.6 Å². The minimum atomic E-state index is -3.72. The van der Waals surface area contributed by atoms with E-state index >= 15 is 0 Å². The molecule has 9 heteroatoms. The molecule has 0 radical (unpaired) electrons. The van der Waals surface area contributed by atoms with E-state index in [4.69, 9.17) is 23.2 Å². The van der Waals surface area contributed by atoms with Crippen LogP contribution in [-0.4, -0.2) is 37.5 Å². The molecule has 0 bridgehead atoms. The van der Waals surface area contributed by atoms with Gasteiger partial charge >= 0.3 is 0 Å². The maximum Gasteiger partial charge on any atom is 0.243 e. The first-order chi connectivity index (χ1) is 16.7. The van der Waals surface area contributed by atoms with Crippen molar-refractivity contribution in [3.8, 4) is 0 Å². The number of ketones is 1. The zero-order valence-electron chi connectivity index (χ0n) is 19.0. The summed E-state index contributed by atoms with van der Waals surface area (Å²) in [6, 6.07) is 17.9. The number of aryl methyl sites for hydroxylation is 1. The number of sulfonamides is 1. The molecule has 0 saturated carbocycles. The fraction of sp³-hybridized carbons (Fsp3) is 0.231. The second-order valence-electron chi connectivity index (χ2n) is 8.50. The van der Waals surface area contributed by atoms with Crippen molar-refractivity contribution < 1.29 is 18.0 Å². The number of halogens is 2. The molecule has 1 aliphatic rings. The number of hydrogen-bond donors (Lipinski definition) is 1. The lowest BCUT2D eigenvalue weighted by Crippen LogP contribution is -2.43. The van der Waals surface area contributed by atoms with Crippen LogP contribution in [0.25, 0.3) is 0 Å². The van der Waals surface area contributed by atoms with Crippen molar-refractivity contribution in [1.82, 2.24) is 4.31 Å². The Morgan fingerprint density at radius 1 is 0.971 bits per heavy atom. The molecule has 0 aromatic heterocycles. The van der Waals surface area contributed by atoms with E-state index in [1.807, 2.05) is 6.92 Å². The summed E-state index contributed by atoms with van der Waals surface area (Å²) in [5.41, 5.74) is 1.76. The second kappa shape index (κ2) is 10.5. The van der Waals surface area contributed by atoms with Crippen LogP contribution in [0.1, 0.15) is 34.3 Å². The molecule has 3 aromatic rings. The quantitative estimate of drug-likeness (QED) is 0.422. The van der Waals surface area contributed by atoms with E-state index in [1.165, 1.54) is 10.4 Å². The van der Waals surface area contributed by atoms with Crippen LogP contribution < -0.4 is 5.32 Å². The van der Waals surface area contributed by atoms with Gasteiger partial charge in [-0.1, -0.05) is 53.0 Å². The van der Waals surface area contributed by atoms with Crippen LogP contribution in [0.15, 0.2) is 71.6 Å². The zero-order valence-corrected chi connectivity index (χ0v) is 21.3. The standard InChI is InChI=1S/C26H24Cl2N2O4S/c1-17-8-11-20(12-9-17)35(33,34)30-14-4-5-18(16-30)26(32)29-24-13-10-19(27)15-22(24)25(31)21-6-2-3-7-23(21)28/h2-3,6-13,15,18H,4-5,14,16H2,1H3,(H,29,32). The van der Waals surface area contributed by atoms with Gasteiger partial charge in [-0.2, -0.15) is 4.31 Å². The largest absolute Gasteiger partial charge is 0.325 e. The number of anilines is 1. The van der Waals surface area contributed by atoms with Crippen molar-refractivity contribution in [2.75, 3.05) is 18.4 Å². The minimum absolute atomic E-state index is 0.0590. The van der Waals surface area contributed by atoms with Crippen molar-refractivity contribution in [1.29, 1.82) is 0 Å². The lowest BCUT2D eigenvalue weighted by molar-refractivity contribution is -0.120. The van der Waals surface area contributed by atoms with E-state index in [2.05, 4.69) is 5.32 Å². The molecule has 1 saturated heterocycles. The molecule has 6 nitrogen and oxygen atoms in total. The van der Waals surface area contributed by atoms with E-state index in [0.29, 0.717) is 40.7 Å². The van der Waals surface area contributed by atoms with Gasteiger partial charge in [0.2, 0.25) is 15.9 Å². The highest BCUT2D eigenvalue weighted by atomic mass is 35.5. The van der Waals surface area contributed by atoms with Crippen molar-refractivity contribution in [3.05, 3.63) is 93.5 Å². The molecule has 35 heavy (non-hydrogen) atoms. The Bertz CT molecular complexity index is 1370. The van der Waals surface area contributed by atoms with Crippen molar-refractivity contribution in [3.63, 3.8) is 0 Å². The van der Waals surface area contributed by atoms with Gasteiger partial charge in [-0.15, -0.1) is 0 Å². The summed E-state index contributed by atoms with van der Waals surface area (Å²) in [6.45, 7) is 2.29. The highest BCUT2D eigenvalue weighted by molar-refractivity contribution is 7.89. The summed E-state index contributed by atoms with van der Waals surface area (Å²) in [4.78, 5) is 26.6. The van der Waals surface area contributed by atoms with E-state index in [-0.39, 0.29) is 28.7 Å². The van der Waals surface area contributed by atoms with Gasteiger partial charge in [0, 0.05) is 29.2 Å². The molecular weight excluding hydrogens is 507 g/mol. The highest BCUT2D eigenvalue weighted by Gasteiger charge is 2.33. The number of carbonyl (C=O) groups excluding carboxylic acids is 2. The predicted molar refractivity (Wildman–Crippen MR) is 138 cm³/mol. The van der Waals surface area contributed by atoms with E-state index < -0.39 is 15.9 Å². The molecule has 182 valence electrons. The number of nitrogens with one attached hydrogen (secondary N) is 1. The number of piperidine rings is 1. The van der Waals surface area contributed by atoms with Gasteiger partial charge in [0.25, 0.3) is 0 Å². The zero-order chi connectivity index (χ0) is 25.2. The van der Waals surface area contributed by atoms with E-state index in [9.17, 15) is 18.0 Å². The molecule has 3 aromatic carbocycles. The fourth-order valence-corrected chi connectivity index (χ4v) is 5.99. The molecule has 1 heterocycles. The van der Waals surface area contributed by atoms with Crippen LogP contribution in [0, 0.1) is 12.8 Å². The van der Waals surface area contributed by atoms with Crippen LogP contribution in [0.3, 0.4) is 0 Å². The maximum absolute atomic E-state index is 13.2. The van der Waals surface area contributed by atoms with Crippen LogP contribution >= 0.6 is 23.2 Å². The number of nitrogens with zero attached hydrogens (tertiary/aromatic N) is 1. The molecule has 1 amide bonds. The molecular formula is C26H24Cl2N2O4S. The van der Waals surface area contributed by atoms with Gasteiger partial charge in [0.1, 0.15) is 0 Å². The summed E-state index contributed by atoms with van der Waals surface area (Å²) < 4.78 is 27.6. The molecule has 0 spiro atoms. The Morgan fingerprint density at radius 2 is 1.69 bits per heavy atom. The highest BCUT2D eigenvalue weighted by Crippen LogP contribution is 2.29. The lowest BCUT2D eigenvalue weighted by Gasteiger charge is -2.31. The molecule has 1 N–H and O–H groups in total. The number of benzene rings is 3. The summed E-state index contributed by atoms with van der Waals surface area (Å²) in [6.07, 6.45) is 1.09. The van der Waals surface area contributed by atoms with E-state index in [0.717, 1.165) is 5.56 Å². The third-order valence-corrected chi connectivity index (χ3v) is 8.46. The van der Waals surface area contributed by atoms with Gasteiger partial charge in [0.15, 0.2) is 5.78 Å². The first kappa shape index (κ1) is 25.4. The summed E-state index contributed by atoms with van der Waals surface area (Å²) in [7, 11) is -3.72. The minimum Gasteiger partial charge on any atom is -0.325 e. The first-order valence-corrected chi connectivity index (χ1v) is 13.3. The Kier molecular flexibility index (Phi) is 7.62. The Morgan fingerprint density at radius 3 is 2.40 bits per heavy atom. The number of carbonyl (C=O) groups is 2. The van der Waals surface area contributed by atoms with Gasteiger partial charge in [-0.25, -0.2) is 8.42 Å². The number of hydrogen-bond acceptors (Lipinski definition) is 4. The fourth-order valence-electron chi connectivity index (χ4n) is 4.07. The normalized spacial score (nSPS) is 16.6. The molecule has 1 fully saturated rings. The molecule has 1 aliphatic heterocycles. The molecule has 0 aliphatic carbocycles. The Labute approximate surface area is 214 Å². The maximum atomic E-state index is 13.2. The number of rotatable bonds is 6. The first-order valence-electron chi connectivity index (χ1n) is 11.1. The molecule has 4 rings (SSSR count). The summed E-state index contributed by atoms with van der Waals surface area (Å²) in [5.74, 6) is -1.30. The smallest absolute Gasteiger partial charge is 0.243 e.